The Morgan fingerprint density at radius 3 is 2.72 bits per heavy atom. The summed E-state index contributed by atoms with van der Waals surface area (Å²) in [6.07, 6.45) is 2.11. The summed E-state index contributed by atoms with van der Waals surface area (Å²) in [5.74, 6) is 1.33. The SMILES string of the molecule is Cc1ccc(C[S@](=O)Cc2ccc(C(=O)NC[C@H]3CCCO3)o2)cc1. The van der Waals surface area contributed by atoms with Crippen molar-refractivity contribution in [2.24, 2.45) is 0 Å². The lowest BCUT2D eigenvalue weighted by Crippen LogP contribution is -2.31. The van der Waals surface area contributed by atoms with Gasteiger partial charge in [-0.25, -0.2) is 0 Å². The molecule has 1 N–H and O–H groups in total. The van der Waals surface area contributed by atoms with E-state index in [0.29, 0.717) is 23.8 Å². The van der Waals surface area contributed by atoms with E-state index in [-0.39, 0.29) is 17.8 Å². The third-order valence-corrected chi connectivity index (χ3v) is 5.41. The van der Waals surface area contributed by atoms with Crippen LogP contribution in [-0.4, -0.2) is 29.4 Å². The lowest BCUT2D eigenvalue weighted by molar-refractivity contribution is 0.0834. The summed E-state index contributed by atoms with van der Waals surface area (Å²) in [6, 6.07) is 11.3. The Bertz CT molecular complexity index is 732. The molecule has 1 saturated heterocycles. The first kappa shape index (κ1) is 17.9. The van der Waals surface area contributed by atoms with Crippen LogP contribution in [0.1, 0.15) is 40.3 Å². The fourth-order valence-corrected chi connectivity index (χ4v) is 3.90. The van der Waals surface area contributed by atoms with E-state index in [2.05, 4.69) is 5.32 Å². The van der Waals surface area contributed by atoms with Crippen molar-refractivity contribution in [3.05, 3.63) is 59.0 Å². The molecule has 1 amide bonds. The predicted octanol–water partition coefficient (Wildman–Crippen LogP) is 2.95. The second kappa shape index (κ2) is 8.45. The van der Waals surface area contributed by atoms with Gasteiger partial charge in [-0.15, -0.1) is 0 Å². The van der Waals surface area contributed by atoms with Gasteiger partial charge in [0.25, 0.3) is 5.91 Å². The summed E-state index contributed by atoms with van der Waals surface area (Å²) in [5, 5.41) is 2.82. The van der Waals surface area contributed by atoms with Gasteiger partial charge in [-0.3, -0.25) is 9.00 Å². The van der Waals surface area contributed by atoms with Crippen LogP contribution in [-0.2, 0) is 27.0 Å². The van der Waals surface area contributed by atoms with Gasteiger partial charge in [0.15, 0.2) is 5.76 Å². The molecule has 2 atom stereocenters. The number of nitrogens with one attached hydrogen (secondary N) is 1. The number of carbonyl (C=O) groups is 1. The molecule has 6 heteroatoms. The van der Waals surface area contributed by atoms with Crippen LogP contribution in [0.2, 0.25) is 0 Å². The zero-order valence-corrected chi connectivity index (χ0v) is 15.1. The number of ether oxygens (including phenoxy) is 1. The fourth-order valence-electron chi connectivity index (χ4n) is 2.76. The summed E-state index contributed by atoms with van der Waals surface area (Å²) in [4.78, 5) is 12.1. The largest absolute Gasteiger partial charge is 0.455 e. The average Bonchev–Trinajstić information content (AvgIpc) is 3.26. The van der Waals surface area contributed by atoms with E-state index < -0.39 is 10.8 Å². The molecule has 0 aliphatic carbocycles. The quantitative estimate of drug-likeness (QED) is 0.823. The Labute approximate surface area is 150 Å². The number of rotatable bonds is 7. The molecule has 0 saturated carbocycles. The molecule has 0 spiro atoms. The maximum atomic E-state index is 12.3. The first-order valence-electron chi connectivity index (χ1n) is 8.49. The molecule has 2 heterocycles. The van der Waals surface area contributed by atoms with E-state index in [1.54, 1.807) is 12.1 Å². The highest BCUT2D eigenvalue weighted by Crippen LogP contribution is 2.14. The van der Waals surface area contributed by atoms with Crippen molar-refractivity contribution >= 4 is 16.7 Å². The molecule has 1 aromatic carbocycles. The van der Waals surface area contributed by atoms with Crippen molar-refractivity contribution in [1.82, 2.24) is 5.32 Å². The first-order valence-corrected chi connectivity index (χ1v) is 9.98. The van der Waals surface area contributed by atoms with Gasteiger partial charge in [0.1, 0.15) is 5.76 Å². The van der Waals surface area contributed by atoms with Gasteiger partial charge in [0.2, 0.25) is 0 Å². The number of hydrogen-bond acceptors (Lipinski definition) is 4. The molecular formula is C19H23NO4S. The molecule has 5 nitrogen and oxygen atoms in total. The molecule has 1 aliphatic rings. The minimum atomic E-state index is -1.08. The molecule has 0 unspecified atom stereocenters. The van der Waals surface area contributed by atoms with Gasteiger partial charge in [0.05, 0.1) is 11.9 Å². The summed E-state index contributed by atoms with van der Waals surface area (Å²) in [7, 11) is -1.08. The van der Waals surface area contributed by atoms with Crippen molar-refractivity contribution < 1.29 is 18.2 Å². The van der Waals surface area contributed by atoms with Gasteiger partial charge in [-0.2, -0.15) is 0 Å². The van der Waals surface area contributed by atoms with Crippen LogP contribution in [0.4, 0.5) is 0 Å². The number of amides is 1. The highest BCUT2D eigenvalue weighted by atomic mass is 32.2. The zero-order valence-electron chi connectivity index (χ0n) is 14.3. The van der Waals surface area contributed by atoms with Crippen molar-refractivity contribution in [2.45, 2.75) is 37.4 Å². The molecular weight excluding hydrogens is 338 g/mol. The number of hydrogen-bond donors (Lipinski definition) is 1. The molecule has 134 valence electrons. The molecule has 2 aromatic rings. The van der Waals surface area contributed by atoms with E-state index in [4.69, 9.17) is 9.15 Å². The molecule has 1 aromatic heterocycles. The summed E-state index contributed by atoms with van der Waals surface area (Å²) < 4.78 is 23.3. The third-order valence-electron chi connectivity index (χ3n) is 4.15. The Morgan fingerprint density at radius 2 is 2.00 bits per heavy atom. The molecule has 1 aliphatic heterocycles. The minimum absolute atomic E-state index is 0.0976. The Morgan fingerprint density at radius 1 is 1.20 bits per heavy atom. The molecule has 3 rings (SSSR count). The van der Waals surface area contributed by atoms with Gasteiger partial charge in [0, 0.05) is 29.7 Å². The average molecular weight is 361 g/mol. The monoisotopic (exact) mass is 361 g/mol. The van der Waals surface area contributed by atoms with Crippen LogP contribution in [0.5, 0.6) is 0 Å². The normalized spacial score (nSPS) is 18.2. The first-order chi connectivity index (χ1) is 12.1. The summed E-state index contributed by atoms with van der Waals surface area (Å²) in [6.45, 7) is 3.28. The van der Waals surface area contributed by atoms with Crippen molar-refractivity contribution in [3.8, 4) is 0 Å². The highest BCUT2D eigenvalue weighted by molar-refractivity contribution is 7.83. The molecule has 0 radical (unpaired) electrons. The van der Waals surface area contributed by atoms with Gasteiger partial charge in [-0.1, -0.05) is 29.8 Å². The zero-order chi connectivity index (χ0) is 17.6. The van der Waals surface area contributed by atoms with Crippen molar-refractivity contribution in [2.75, 3.05) is 13.2 Å². The fraction of sp³-hybridized carbons (Fsp3) is 0.421. The van der Waals surface area contributed by atoms with Crippen molar-refractivity contribution in [3.63, 3.8) is 0 Å². The standard InChI is InChI=1S/C19H23NO4S/c1-14-4-6-15(7-5-14)12-25(22)13-17-8-9-18(24-17)19(21)20-11-16-3-2-10-23-16/h4-9,16H,2-3,10-13H2,1H3,(H,20,21)/t16-,25+/m1/s1. The smallest absolute Gasteiger partial charge is 0.287 e. The van der Waals surface area contributed by atoms with Gasteiger partial charge >= 0.3 is 0 Å². The summed E-state index contributed by atoms with van der Waals surface area (Å²) >= 11 is 0. The van der Waals surface area contributed by atoms with Gasteiger partial charge < -0.3 is 14.5 Å². The topological polar surface area (TPSA) is 68.5 Å². The Balaban J connectivity index is 1.49. The minimum Gasteiger partial charge on any atom is -0.455 e. The molecule has 0 bridgehead atoms. The molecule has 1 fully saturated rings. The second-order valence-electron chi connectivity index (χ2n) is 6.33. The van der Waals surface area contributed by atoms with E-state index in [1.165, 1.54) is 5.56 Å². The van der Waals surface area contributed by atoms with Crippen LogP contribution in [0.15, 0.2) is 40.8 Å². The second-order valence-corrected chi connectivity index (χ2v) is 7.78. The van der Waals surface area contributed by atoms with Crippen LogP contribution < -0.4 is 5.32 Å². The van der Waals surface area contributed by atoms with E-state index in [1.807, 2.05) is 31.2 Å². The van der Waals surface area contributed by atoms with Crippen LogP contribution in [0.25, 0.3) is 0 Å². The Kier molecular flexibility index (Phi) is 6.04. The maximum Gasteiger partial charge on any atom is 0.287 e. The number of benzene rings is 1. The highest BCUT2D eigenvalue weighted by Gasteiger charge is 2.18. The van der Waals surface area contributed by atoms with Crippen LogP contribution >= 0.6 is 0 Å². The van der Waals surface area contributed by atoms with E-state index in [0.717, 1.165) is 25.0 Å². The predicted molar refractivity (Wildman–Crippen MR) is 96.7 cm³/mol. The number of aryl methyl sites for hydroxylation is 1. The van der Waals surface area contributed by atoms with E-state index in [9.17, 15) is 9.00 Å². The van der Waals surface area contributed by atoms with Crippen LogP contribution in [0, 0.1) is 6.92 Å². The number of carbonyl (C=O) groups excluding carboxylic acids is 1. The summed E-state index contributed by atoms with van der Waals surface area (Å²) in [5.41, 5.74) is 2.21. The molecule has 25 heavy (non-hydrogen) atoms. The lowest BCUT2D eigenvalue weighted by atomic mass is 10.2. The van der Waals surface area contributed by atoms with Crippen molar-refractivity contribution in [1.29, 1.82) is 0 Å². The maximum absolute atomic E-state index is 12.3. The van der Waals surface area contributed by atoms with E-state index >= 15 is 0 Å². The Hall–Kier alpha value is -1.92. The lowest BCUT2D eigenvalue weighted by Gasteiger charge is -2.09. The number of furan rings is 1. The van der Waals surface area contributed by atoms with Crippen LogP contribution in [0.3, 0.4) is 0 Å². The third kappa shape index (κ3) is 5.28. The van der Waals surface area contributed by atoms with Gasteiger partial charge in [-0.05, 0) is 37.5 Å².